The lowest BCUT2D eigenvalue weighted by molar-refractivity contribution is 0.0327. The smallest absolute Gasteiger partial charge is 0.223 e. The number of hydrogen-bond donors (Lipinski definition) is 2. The molecule has 116 valence electrons. The van der Waals surface area contributed by atoms with Crippen molar-refractivity contribution in [2.24, 2.45) is 7.05 Å². The predicted molar refractivity (Wildman–Crippen MR) is 79.9 cm³/mol. The number of hydrogen-bond acceptors (Lipinski definition) is 5. The first kappa shape index (κ1) is 19.2. The second kappa shape index (κ2) is 8.49. The van der Waals surface area contributed by atoms with Gasteiger partial charge in [-0.15, -0.1) is 24.8 Å². The topological polar surface area (TPSA) is 74.9 Å². The summed E-state index contributed by atoms with van der Waals surface area (Å²) in [5.41, 5.74) is 0.593. The molecule has 0 atom stereocenters. The molecule has 8 heteroatoms. The molecule has 0 aromatic carbocycles. The molecule has 0 unspecified atom stereocenters. The van der Waals surface area contributed by atoms with Crippen LogP contribution in [0.5, 0.6) is 5.75 Å². The number of aromatic hydroxyl groups is 1. The van der Waals surface area contributed by atoms with E-state index in [0.29, 0.717) is 31.1 Å². The fourth-order valence-electron chi connectivity index (χ4n) is 2.09. The summed E-state index contributed by atoms with van der Waals surface area (Å²) in [5, 5.41) is 19.0. The third kappa shape index (κ3) is 4.10. The highest BCUT2D eigenvalue weighted by Crippen LogP contribution is 2.16. The van der Waals surface area contributed by atoms with Crippen molar-refractivity contribution in [1.82, 2.24) is 9.47 Å². The molecular formula is C12H20Cl2N2O4. The van der Waals surface area contributed by atoms with Gasteiger partial charge in [0.1, 0.15) is 0 Å². The molecule has 1 aliphatic rings. The molecule has 1 saturated heterocycles. The van der Waals surface area contributed by atoms with Crippen molar-refractivity contribution in [1.29, 1.82) is 0 Å². The highest BCUT2D eigenvalue weighted by Gasteiger charge is 2.17. The molecule has 0 amide bonds. The molecule has 1 aliphatic heterocycles. The van der Waals surface area contributed by atoms with Gasteiger partial charge >= 0.3 is 0 Å². The van der Waals surface area contributed by atoms with E-state index in [4.69, 9.17) is 4.74 Å². The van der Waals surface area contributed by atoms with Crippen LogP contribution in [0.4, 0.5) is 0 Å². The Kier molecular flexibility index (Phi) is 8.15. The van der Waals surface area contributed by atoms with Crippen molar-refractivity contribution in [2.75, 3.05) is 26.3 Å². The number of nitrogens with zero attached hydrogens (tertiary/aromatic N) is 2. The zero-order valence-electron chi connectivity index (χ0n) is 11.2. The van der Waals surface area contributed by atoms with Crippen molar-refractivity contribution < 1.29 is 14.9 Å². The summed E-state index contributed by atoms with van der Waals surface area (Å²) in [6.45, 7) is 3.13. The van der Waals surface area contributed by atoms with E-state index in [1.807, 2.05) is 0 Å². The number of pyridine rings is 1. The Hall–Kier alpha value is -0.790. The van der Waals surface area contributed by atoms with Crippen LogP contribution < -0.4 is 5.43 Å². The summed E-state index contributed by atoms with van der Waals surface area (Å²) in [7, 11) is 1.74. The van der Waals surface area contributed by atoms with Crippen LogP contribution in [0.2, 0.25) is 0 Å². The summed E-state index contributed by atoms with van der Waals surface area (Å²) in [4.78, 5) is 13.7. The Morgan fingerprint density at radius 1 is 1.30 bits per heavy atom. The second-order valence-electron chi connectivity index (χ2n) is 4.40. The largest absolute Gasteiger partial charge is 0.503 e. The van der Waals surface area contributed by atoms with E-state index >= 15 is 0 Å². The average Bonchev–Trinajstić information content (AvgIpc) is 2.40. The van der Waals surface area contributed by atoms with E-state index < -0.39 is 5.43 Å². The molecule has 0 bridgehead atoms. The molecule has 1 fully saturated rings. The van der Waals surface area contributed by atoms with Gasteiger partial charge in [0.05, 0.1) is 25.5 Å². The minimum Gasteiger partial charge on any atom is -0.503 e. The fourth-order valence-corrected chi connectivity index (χ4v) is 2.09. The molecule has 20 heavy (non-hydrogen) atoms. The van der Waals surface area contributed by atoms with E-state index in [-0.39, 0.29) is 37.2 Å². The number of aliphatic hydroxyl groups excluding tert-OH is 1. The van der Waals surface area contributed by atoms with Gasteiger partial charge in [-0.25, -0.2) is 0 Å². The Morgan fingerprint density at radius 3 is 2.45 bits per heavy atom. The van der Waals surface area contributed by atoms with Gasteiger partial charge in [-0.05, 0) is 0 Å². The zero-order valence-corrected chi connectivity index (χ0v) is 12.9. The van der Waals surface area contributed by atoms with Crippen LogP contribution in [0.15, 0.2) is 10.9 Å². The van der Waals surface area contributed by atoms with Crippen molar-refractivity contribution in [3.63, 3.8) is 0 Å². The Bertz CT molecular complexity index is 487. The van der Waals surface area contributed by atoms with E-state index in [1.54, 1.807) is 11.6 Å². The number of rotatable bonds is 3. The number of morpholine rings is 1. The van der Waals surface area contributed by atoms with Crippen molar-refractivity contribution in [2.45, 2.75) is 13.2 Å². The second-order valence-corrected chi connectivity index (χ2v) is 4.40. The first-order chi connectivity index (χ1) is 8.63. The van der Waals surface area contributed by atoms with Gasteiger partial charge in [-0.3, -0.25) is 9.69 Å². The van der Waals surface area contributed by atoms with Crippen LogP contribution in [-0.2, 0) is 24.9 Å². The van der Waals surface area contributed by atoms with Crippen LogP contribution in [0.25, 0.3) is 0 Å². The van der Waals surface area contributed by atoms with E-state index in [1.165, 1.54) is 6.07 Å². The number of ether oxygens (including phenoxy) is 1. The van der Waals surface area contributed by atoms with Crippen molar-refractivity contribution in [3.05, 3.63) is 27.7 Å². The van der Waals surface area contributed by atoms with Gasteiger partial charge in [0.2, 0.25) is 5.43 Å². The average molecular weight is 327 g/mol. The standard InChI is InChI=1S/C12H18N2O4.2ClH/c1-13-9(8-15)6-11(16)12(17)10(13)7-14-2-4-18-5-3-14;;/h6,15,17H,2-5,7-8H2,1H3;2*1H. The molecule has 0 radical (unpaired) electrons. The highest BCUT2D eigenvalue weighted by molar-refractivity contribution is 5.85. The maximum Gasteiger partial charge on any atom is 0.223 e. The summed E-state index contributed by atoms with van der Waals surface area (Å²) in [6.07, 6.45) is 0. The highest BCUT2D eigenvalue weighted by atomic mass is 35.5. The Labute approximate surface area is 129 Å². The van der Waals surface area contributed by atoms with E-state index in [9.17, 15) is 15.0 Å². The normalized spacial score (nSPS) is 15.3. The van der Waals surface area contributed by atoms with Gasteiger partial charge < -0.3 is 19.5 Å². The lowest BCUT2D eigenvalue weighted by atomic mass is 10.2. The maximum absolute atomic E-state index is 11.6. The SMILES string of the molecule is Cl.Cl.Cn1c(CO)cc(=O)c(O)c1CN1CCOCC1. The van der Waals surface area contributed by atoms with Crippen LogP contribution in [-0.4, -0.2) is 46.0 Å². The van der Waals surface area contributed by atoms with Gasteiger partial charge in [0, 0.05) is 38.4 Å². The molecule has 2 heterocycles. The molecule has 0 spiro atoms. The van der Waals surface area contributed by atoms with Gasteiger partial charge in [-0.2, -0.15) is 0 Å². The van der Waals surface area contributed by atoms with Gasteiger partial charge in [0.25, 0.3) is 0 Å². The molecule has 0 saturated carbocycles. The van der Waals surface area contributed by atoms with E-state index in [0.717, 1.165) is 13.1 Å². The zero-order chi connectivity index (χ0) is 13.1. The Balaban J connectivity index is 0.00000180. The molecular weight excluding hydrogens is 307 g/mol. The van der Waals surface area contributed by atoms with Crippen LogP contribution >= 0.6 is 24.8 Å². The lowest BCUT2D eigenvalue weighted by Crippen LogP contribution is -2.36. The quantitative estimate of drug-likeness (QED) is 0.833. The summed E-state index contributed by atoms with van der Waals surface area (Å²) in [5.74, 6) is -0.235. The van der Waals surface area contributed by atoms with E-state index in [2.05, 4.69) is 4.90 Å². The minimum atomic E-state index is -0.444. The first-order valence-electron chi connectivity index (χ1n) is 5.95. The first-order valence-corrected chi connectivity index (χ1v) is 5.95. The Morgan fingerprint density at radius 2 is 1.90 bits per heavy atom. The third-order valence-corrected chi connectivity index (χ3v) is 3.28. The lowest BCUT2D eigenvalue weighted by Gasteiger charge is -2.28. The summed E-state index contributed by atoms with van der Waals surface area (Å²) < 4.78 is 6.93. The monoisotopic (exact) mass is 326 g/mol. The molecule has 1 aromatic rings. The summed E-state index contributed by atoms with van der Waals surface area (Å²) in [6, 6.07) is 1.26. The number of halogens is 2. The number of aliphatic hydroxyl groups is 1. The maximum atomic E-state index is 11.6. The predicted octanol–water partition coefficient (Wildman–Crippen LogP) is 0.259. The summed E-state index contributed by atoms with van der Waals surface area (Å²) >= 11 is 0. The van der Waals surface area contributed by atoms with Gasteiger partial charge in [-0.1, -0.05) is 0 Å². The fraction of sp³-hybridized carbons (Fsp3) is 0.583. The molecule has 2 N–H and O–H groups in total. The van der Waals surface area contributed by atoms with Crippen LogP contribution in [0.3, 0.4) is 0 Å². The number of aromatic nitrogens is 1. The van der Waals surface area contributed by atoms with Crippen LogP contribution in [0, 0.1) is 0 Å². The molecule has 2 rings (SSSR count). The van der Waals surface area contributed by atoms with Crippen LogP contribution in [0.1, 0.15) is 11.4 Å². The molecule has 1 aromatic heterocycles. The van der Waals surface area contributed by atoms with Crippen molar-refractivity contribution in [3.8, 4) is 5.75 Å². The van der Waals surface area contributed by atoms with Gasteiger partial charge in [0.15, 0.2) is 5.75 Å². The molecule has 0 aliphatic carbocycles. The van der Waals surface area contributed by atoms with Crippen molar-refractivity contribution >= 4 is 24.8 Å². The third-order valence-electron chi connectivity index (χ3n) is 3.28. The minimum absolute atomic E-state index is 0. The molecule has 6 nitrogen and oxygen atoms in total.